The molecule has 4 nitrogen and oxygen atoms in total. The van der Waals surface area contributed by atoms with E-state index in [1.165, 1.54) is 12.1 Å². The number of nitrogens with one attached hydrogen (secondary N) is 2. The first-order valence-corrected chi connectivity index (χ1v) is 6.69. The van der Waals surface area contributed by atoms with Gasteiger partial charge in [0.25, 0.3) is 0 Å². The molecule has 0 saturated carbocycles. The van der Waals surface area contributed by atoms with Crippen molar-refractivity contribution in [3.63, 3.8) is 0 Å². The van der Waals surface area contributed by atoms with Crippen LogP contribution in [0.4, 0.5) is 8.78 Å². The molecular weight excluding hydrogens is 311 g/mol. The van der Waals surface area contributed by atoms with E-state index >= 15 is 0 Å². The Morgan fingerprint density at radius 1 is 1.50 bits per heavy atom. The lowest BCUT2D eigenvalue weighted by molar-refractivity contribution is -0.0504. The molecule has 0 fully saturated rings. The summed E-state index contributed by atoms with van der Waals surface area (Å²) in [6, 6.07) is 3.13. The first-order valence-electron chi connectivity index (χ1n) is 5.93. The summed E-state index contributed by atoms with van der Waals surface area (Å²) in [5.41, 5.74) is 0.437. The first-order chi connectivity index (χ1) is 9.45. The maximum absolute atomic E-state index is 12.4. The molecule has 2 N–H and O–H groups in total. The Bertz CT molecular complexity index is 526. The summed E-state index contributed by atoms with van der Waals surface area (Å²) in [6.45, 7) is -0.0749. The number of alkyl halides is 2. The molecule has 0 aromatic heterocycles. The van der Waals surface area contributed by atoms with Crippen molar-refractivity contribution in [1.29, 1.82) is 0 Å². The number of hydrogen-bond donors (Lipinski definition) is 2. The van der Waals surface area contributed by atoms with Gasteiger partial charge in [-0.1, -0.05) is 23.2 Å². The quantitative estimate of drug-likeness (QED) is 0.895. The van der Waals surface area contributed by atoms with Gasteiger partial charge in [-0.2, -0.15) is 8.78 Å². The van der Waals surface area contributed by atoms with Crippen LogP contribution in [0.5, 0.6) is 5.75 Å². The molecule has 2 rings (SSSR count). The Kier molecular flexibility index (Phi) is 4.88. The van der Waals surface area contributed by atoms with E-state index in [4.69, 9.17) is 23.2 Å². The van der Waals surface area contributed by atoms with Gasteiger partial charge in [0, 0.05) is 23.2 Å². The highest BCUT2D eigenvalue weighted by atomic mass is 35.5. The van der Waals surface area contributed by atoms with Crippen LogP contribution in [0.15, 0.2) is 17.1 Å². The Morgan fingerprint density at radius 2 is 2.25 bits per heavy atom. The van der Waals surface area contributed by atoms with Gasteiger partial charge in [-0.05, 0) is 19.1 Å². The van der Waals surface area contributed by atoms with Crippen molar-refractivity contribution in [2.24, 2.45) is 4.99 Å². The Morgan fingerprint density at radius 3 is 2.85 bits per heavy atom. The lowest BCUT2D eigenvalue weighted by Gasteiger charge is -2.14. The zero-order valence-electron chi connectivity index (χ0n) is 10.6. The van der Waals surface area contributed by atoms with Crippen LogP contribution >= 0.6 is 23.2 Å². The molecule has 1 heterocycles. The van der Waals surface area contributed by atoms with E-state index < -0.39 is 6.61 Å². The first kappa shape index (κ1) is 15.1. The fraction of sp³-hybridized carbons (Fsp3) is 0.417. The molecule has 0 saturated heterocycles. The van der Waals surface area contributed by atoms with Crippen LogP contribution in [-0.4, -0.2) is 25.2 Å². The summed E-state index contributed by atoms with van der Waals surface area (Å²) in [6.07, 6.45) is 0. The van der Waals surface area contributed by atoms with E-state index in [1.54, 1.807) is 0 Å². The molecule has 1 aliphatic rings. The average molecular weight is 324 g/mol. The smallest absolute Gasteiger partial charge is 0.387 e. The maximum atomic E-state index is 12.4. The molecule has 0 amide bonds. The van der Waals surface area contributed by atoms with Crippen LogP contribution in [0.3, 0.4) is 0 Å². The van der Waals surface area contributed by atoms with Crippen LogP contribution in [-0.2, 0) is 6.54 Å². The van der Waals surface area contributed by atoms with E-state index in [1.807, 2.05) is 6.92 Å². The lowest BCUT2D eigenvalue weighted by atomic mass is 10.2. The molecule has 0 aliphatic carbocycles. The van der Waals surface area contributed by atoms with Gasteiger partial charge in [0.2, 0.25) is 0 Å². The molecule has 1 unspecified atom stereocenters. The van der Waals surface area contributed by atoms with Crippen molar-refractivity contribution >= 4 is 29.2 Å². The average Bonchev–Trinajstić information content (AvgIpc) is 2.76. The Hall–Kier alpha value is -1.27. The predicted molar refractivity (Wildman–Crippen MR) is 74.8 cm³/mol. The van der Waals surface area contributed by atoms with Gasteiger partial charge < -0.3 is 15.4 Å². The zero-order chi connectivity index (χ0) is 14.7. The van der Waals surface area contributed by atoms with Crippen LogP contribution in [0.2, 0.25) is 10.0 Å². The maximum Gasteiger partial charge on any atom is 0.387 e. The number of aliphatic imine (C=N–C) groups is 1. The second-order valence-electron chi connectivity index (χ2n) is 4.34. The molecule has 110 valence electrons. The summed E-state index contributed by atoms with van der Waals surface area (Å²) in [4.78, 5) is 4.21. The molecule has 1 aromatic carbocycles. The molecule has 0 bridgehead atoms. The van der Waals surface area contributed by atoms with E-state index in [0.717, 1.165) is 0 Å². The normalized spacial score (nSPS) is 17.9. The molecule has 1 aromatic rings. The summed E-state index contributed by atoms with van der Waals surface area (Å²) in [5.74, 6) is 0.529. The number of rotatable bonds is 4. The fourth-order valence-electron chi connectivity index (χ4n) is 1.80. The van der Waals surface area contributed by atoms with Crippen molar-refractivity contribution < 1.29 is 13.5 Å². The monoisotopic (exact) mass is 323 g/mol. The molecule has 0 spiro atoms. The third kappa shape index (κ3) is 3.86. The highest BCUT2D eigenvalue weighted by molar-refractivity contribution is 6.35. The van der Waals surface area contributed by atoms with Crippen LogP contribution < -0.4 is 15.4 Å². The van der Waals surface area contributed by atoms with Crippen molar-refractivity contribution in [1.82, 2.24) is 10.6 Å². The largest absolute Gasteiger partial charge is 0.433 e. The summed E-state index contributed by atoms with van der Waals surface area (Å²) >= 11 is 11.8. The molecule has 1 aliphatic heterocycles. The second kappa shape index (κ2) is 6.45. The van der Waals surface area contributed by atoms with Gasteiger partial charge in [-0.15, -0.1) is 0 Å². The standard InChI is InChI=1S/C12H13Cl2F2N3O/c1-6-4-17-12(19-6)18-5-7-2-8(13)3-9(14)10(7)20-11(15)16/h2-3,6,11H,4-5H2,1H3,(H2,17,18,19). The Balaban J connectivity index is 2.13. The highest BCUT2D eigenvalue weighted by Gasteiger charge is 2.17. The van der Waals surface area contributed by atoms with Crippen molar-refractivity contribution in [3.8, 4) is 5.75 Å². The van der Waals surface area contributed by atoms with Crippen LogP contribution in [0.25, 0.3) is 0 Å². The van der Waals surface area contributed by atoms with Crippen molar-refractivity contribution in [2.45, 2.75) is 26.1 Å². The lowest BCUT2D eigenvalue weighted by Crippen LogP contribution is -2.37. The molecular formula is C12H13Cl2F2N3O. The van der Waals surface area contributed by atoms with Crippen LogP contribution in [0, 0.1) is 0 Å². The number of nitrogens with zero attached hydrogens (tertiary/aromatic N) is 1. The number of hydrogen-bond acceptors (Lipinski definition) is 4. The third-order valence-electron chi connectivity index (χ3n) is 2.64. The highest BCUT2D eigenvalue weighted by Crippen LogP contribution is 2.33. The number of ether oxygens (including phenoxy) is 1. The second-order valence-corrected chi connectivity index (χ2v) is 5.19. The van der Waals surface area contributed by atoms with Gasteiger partial charge in [-0.25, -0.2) is 0 Å². The van der Waals surface area contributed by atoms with Gasteiger partial charge in [0.15, 0.2) is 5.96 Å². The molecule has 20 heavy (non-hydrogen) atoms. The minimum atomic E-state index is -2.95. The van der Waals surface area contributed by atoms with Crippen molar-refractivity contribution in [3.05, 3.63) is 27.7 Å². The predicted octanol–water partition coefficient (Wildman–Crippen LogP) is 3.03. The van der Waals surface area contributed by atoms with E-state index in [2.05, 4.69) is 20.4 Å². The molecule has 1 atom stereocenters. The minimum Gasteiger partial charge on any atom is -0.433 e. The summed E-state index contributed by atoms with van der Waals surface area (Å²) in [7, 11) is 0. The SMILES string of the molecule is CC1CN=C(NCc2cc(Cl)cc(Cl)c2OC(F)F)N1. The number of halogens is 4. The van der Waals surface area contributed by atoms with E-state index in [9.17, 15) is 8.78 Å². The summed E-state index contributed by atoms with van der Waals surface area (Å²) in [5, 5.41) is 6.49. The zero-order valence-corrected chi connectivity index (χ0v) is 12.1. The van der Waals surface area contributed by atoms with Gasteiger partial charge in [0.05, 0.1) is 11.6 Å². The number of benzene rings is 1. The van der Waals surface area contributed by atoms with Gasteiger partial charge in [0.1, 0.15) is 5.75 Å². The molecule has 0 radical (unpaired) electrons. The number of guanidine groups is 1. The van der Waals surface area contributed by atoms with Gasteiger partial charge >= 0.3 is 6.61 Å². The fourth-order valence-corrected chi connectivity index (χ4v) is 2.38. The minimum absolute atomic E-state index is 0.0456. The Labute approximate surface area is 125 Å². The van der Waals surface area contributed by atoms with E-state index in [-0.39, 0.29) is 23.4 Å². The van der Waals surface area contributed by atoms with E-state index in [0.29, 0.717) is 23.1 Å². The topological polar surface area (TPSA) is 45.7 Å². The van der Waals surface area contributed by atoms with Crippen LogP contribution in [0.1, 0.15) is 12.5 Å². The third-order valence-corrected chi connectivity index (χ3v) is 3.14. The summed E-state index contributed by atoms with van der Waals surface area (Å²) < 4.78 is 29.2. The van der Waals surface area contributed by atoms with Crippen molar-refractivity contribution in [2.75, 3.05) is 6.54 Å². The van der Waals surface area contributed by atoms with Gasteiger partial charge in [-0.3, -0.25) is 4.99 Å². The molecule has 8 heteroatoms.